The van der Waals surface area contributed by atoms with Crippen LogP contribution in [0.25, 0.3) is 11.1 Å². The molecule has 2 aliphatic rings. The molecule has 154 valence electrons. The Morgan fingerprint density at radius 2 is 1.80 bits per heavy atom. The molecular formula is C23H24N4O3. The van der Waals surface area contributed by atoms with Gasteiger partial charge in [-0.1, -0.05) is 48.5 Å². The highest BCUT2D eigenvalue weighted by molar-refractivity contribution is 5.79. The van der Waals surface area contributed by atoms with E-state index < -0.39 is 12.2 Å². The Hall–Kier alpha value is -3.19. The maximum atomic E-state index is 12.4. The number of hydrogen-bond donors (Lipinski definition) is 3. The predicted molar refractivity (Wildman–Crippen MR) is 111 cm³/mol. The van der Waals surface area contributed by atoms with Crippen LogP contribution in [0.2, 0.25) is 0 Å². The highest BCUT2D eigenvalue weighted by Gasteiger charge is 2.35. The van der Waals surface area contributed by atoms with Gasteiger partial charge in [0, 0.05) is 24.3 Å². The topological polar surface area (TPSA) is 100 Å². The molecule has 1 heterocycles. The largest absolute Gasteiger partial charge is 0.449 e. The standard InChI is InChI=1S/C23H24N4O3/c28-21-10-14(22-25-13-26-27-22)9-15(21)11-24-23(29)30-12-20-18-7-3-1-5-16(18)17-6-2-4-8-19(17)20/h1-8,13-15,20-21,28H,9-12H2,(H,24,29)(H,25,26,27)/t14-,15+,21+/m0/s1. The average molecular weight is 404 g/mol. The molecular weight excluding hydrogens is 380 g/mol. The number of amides is 1. The van der Waals surface area contributed by atoms with E-state index in [4.69, 9.17) is 4.74 Å². The second-order valence-corrected chi connectivity index (χ2v) is 8.07. The molecule has 7 nitrogen and oxygen atoms in total. The molecule has 0 unspecified atom stereocenters. The Morgan fingerprint density at radius 3 is 2.47 bits per heavy atom. The molecule has 5 rings (SSSR count). The molecule has 0 radical (unpaired) electrons. The van der Waals surface area contributed by atoms with Crippen molar-refractivity contribution < 1.29 is 14.6 Å². The second-order valence-electron chi connectivity index (χ2n) is 8.07. The highest BCUT2D eigenvalue weighted by Crippen LogP contribution is 2.44. The molecule has 2 aliphatic carbocycles. The number of ether oxygens (including phenoxy) is 1. The number of benzene rings is 2. The lowest BCUT2D eigenvalue weighted by Crippen LogP contribution is -2.33. The first kappa shape index (κ1) is 18.8. The van der Waals surface area contributed by atoms with E-state index in [0.717, 1.165) is 12.2 Å². The first-order valence-electron chi connectivity index (χ1n) is 10.3. The number of aromatic amines is 1. The van der Waals surface area contributed by atoms with Crippen LogP contribution in [0.3, 0.4) is 0 Å². The van der Waals surface area contributed by atoms with Crippen molar-refractivity contribution in [2.24, 2.45) is 5.92 Å². The van der Waals surface area contributed by atoms with Crippen LogP contribution in [-0.4, -0.2) is 45.6 Å². The summed E-state index contributed by atoms with van der Waals surface area (Å²) in [6, 6.07) is 16.5. The molecule has 3 aromatic rings. The van der Waals surface area contributed by atoms with Gasteiger partial charge in [-0.2, -0.15) is 5.10 Å². The second kappa shape index (κ2) is 7.91. The van der Waals surface area contributed by atoms with Crippen molar-refractivity contribution in [1.82, 2.24) is 20.5 Å². The number of H-pyrrole nitrogens is 1. The van der Waals surface area contributed by atoms with Gasteiger partial charge in [0.1, 0.15) is 18.8 Å². The zero-order chi connectivity index (χ0) is 20.5. The van der Waals surface area contributed by atoms with E-state index in [0.29, 0.717) is 13.0 Å². The third kappa shape index (κ3) is 3.45. The fraction of sp³-hybridized carbons (Fsp3) is 0.348. The molecule has 0 aliphatic heterocycles. The van der Waals surface area contributed by atoms with Gasteiger partial charge in [-0.15, -0.1) is 0 Å². The van der Waals surface area contributed by atoms with E-state index in [2.05, 4.69) is 44.8 Å². The molecule has 0 saturated heterocycles. The monoisotopic (exact) mass is 404 g/mol. The summed E-state index contributed by atoms with van der Waals surface area (Å²) in [4.78, 5) is 16.5. The molecule has 30 heavy (non-hydrogen) atoms. The number of carbonyl (C=O) groups excluding carboxylic acids is 1. The minimum absolute atomic E-state index is 0.0272. The number of aliphatic hydroxyl groups excluding tert-OH is 1. The number of rotatable bonds is 5. The summed E-state index contributed by atoms with van der Waals surface area (Å²) in [6.07, 6.45) is 1.91. The third-order valence-electron chi connectivity index (χ3n) is 6.33. The molecule has 1 saturated carbocycles. The average Bonchev–Trinajstić information content (AvgIpc) is 3.49. The highest BCUT2D eigenvalue weighted by atomic mass is 16.5. The van der Waals surface area contributed by atoms with Gasteiger partial charge in [0.25, 0.3) is 0 Å². The van der Waals surface area contributed by atoms with Crippen LogP contribution in [-0.2, 0) is 4.74 Å². The number of hydrogen-bond acceptors (Lipinski definition) is 5. The number of alkyl carbamates (subject to hydrolysis) is 1. The number of fused-ring (bicyclic) bond motifs is 3. The lowest BCUT2D eigenvalue weighted by atomic mass is 9.98. The lowest BCUT2D eigenvalue weighted by molar-refractivity contribution is 0.119. The lowest BCUT2D eigenvalue weighted by Gasteiger charge is -2.17. The van der Waals surface area contributed by atoms with Crippen LogP contribution in [0.4, 0.5) is 4.79 Å². The van der Waals surface area contributed by atoms with Crippen LogP contribution >= 0.6 is 0 Å². The normalized spacial score (nSPS) is 22.5. The van der Waals surface area contributed by atoms with E-state index in [1.165, 1.54) is 28.6 Å². The van der Waals surface area contributed by atoms with Gasteiger partial charge in [0.05, 0.1) is 6.10 Å². The van der Waals surface area contributed by atoms with Gasteiger partial charge in [0.2, 0.25) is 0 Å². The summed E-state index contributed by atoms with van der Waals surface area (Å²) in [5.74, 6) is 0.936. The summed E-state index contributed by atoms with van der Waals surface area (Å²) in [5, 5.41) is 19.9. The van der Waals surface area contributed by atoms with Gasteiger partial charge in [-0.3, -0.25) is 5.10 Å². The maximum Gasteiger partial charge on any atom is 0.407 e. The summed E-state index contributed by atoms with van der Waals surface area (Å²) in [5.41, 5.74) is 4.78. The number of carbonyl (C=O) groups is 1. The third-order valence-corrected chi connectivity index (χ3v) is 6.33. The fourth-order valence-corrected chi connectivity index (χ4v) is 4.82. The van der Waals surface area contributed by atoms with Gasteiger partial charge in [0.15, 0.2) is 0 Å². The van der Waals surface area contributed by atoms with E-state index in [-0.39, 0.29) is 24.4 Å². The number of nitrogens with zero attached hydrogens (tertiary/aromatic N) is 2. The summed E-state index contributed by atoms with van der Waals surface area (Å²) >= 11 is 0. The Bertz CT molecular complexity index is 991. The van der Waals surface area contributed by atoms with Gasteiger partial charge in [-0.25, -0.2) is 9.78 Å². The van der Waals surface area contributed by atoms with E-state index >= 15 is 0 Å². The van der Waals surface area contributed by atoms with Crippen molar-refractivity contribution in [3.8, 4) is 11.1 Å². The van der Waals surface area contributed by atoms with Crippen molar-refractivity contribution in [3.05, 3.63) is 71.8 Å². The zero-order valence-corrected chi connectivity index (χ0v) is 16.5. The first-order chi connectivity index (χ1) is 14.7. The molecule has 2 aromatic carbocycles. The number of aromatic nitrogens is 3. The number of nitrogens with one attached hydrogen (secondary N) is 2. The fourth-order valence-electron chi connectivity index (χ4n) is 4.82. The summed E-state index contributed by atoms with van der Waals surface area (Å²) < 4.78 is 5.57. The molecule has 0 bridgehead atoms. The smallest absolute Gasteiger partial charge is 0.407 e. The van der Waals surface area contributed by atoms with Gasteiger partial charge < -0.3 is 15.2 Å². The minimum Gasteiger partial charge on any atom is -0.449 e. The molecule has 1 aromatic heterocycles. The van der Waals surface area contributed by atoms with Crippen molar-refractivity contribution in [1.29, 1.82) is 0 Å². The Morgan fingerprint density at radius 1 is 1.10 bits per heavy atom. The maximum absolute atomic E-state index is 12.4. The van der Waals surface area contributed by atoms with Crippen LogP contribution < -0.4 is 5.32 Å². The van der Waals surface area contributed by atoms with Crippen LogP contribution in [0, 0.1) is 5.92 Å². The van der Waals surface area contributed by atoms with E-state index in [1.54, 1.807) is 0 Å². The zero-order valence-electron chi connectivity index (χ0n) is 16.5. The van der Waals surface area contributed by atoms with Gasteiger partial charge >= 0.3 is 6.09 Å². The Labute approximate surface area is 174 Å². The molecule has 1 amide bonds. The Balaban J connectivity index is 1.17. The Kier molecular flexibility index (Phi) is 4.96. The van der Waals surface area contributed by atoms with E-state index in [9.17, 15) is 9.90 Å². The van der Waals surface area contributed by atoms with Crippen molar-refractivity contribution in [2.45, 2.75) is 30.8 Å². The predicted octanol–water partition coefficient (Wildman–Crippen LogP) is 3.20. The first-order valence-corrected chi connectivity index (χ1v) is 10.3. The van der Waals surface area contributed by atoms with Gasteiger partial charge in [-0.05, 0) is 35.1 Å². The molecule has 1 fully saturated rings. The summed E-state index contributed by atoms with van der Waals surface area (Å²) in [6.45, 7) is 0.663. The molecule has 3 N–H and O–H groups in total. The molecule has 7 heteroatoms. The molecule has 3 atom stereocenters. The van der Waals surface area contributed by atoms with Crippen LogP contribution in [0.1, 0.15) is 41.6 Å². The number of aliphatic hydroxyl groups is 1. The summed E-state index contributed by atoms with van der Waals surface area (Å²) in [7, 11) is 0. The minimum atomic E-state index is -0.478. The van der Waals surface area contributed by atoms with Crippen molar-refractivity contribution in [3.63, 3.8) is 0 Å². The quantitative estimate of drug-likeness (QED) is 0.606. The SMILES string of the molecule is O=C(NC[C@H]1C[C@H](c2ncn[nH]2)C[C@H]1O)OCC1c2ccccc2-c2ccccc21. The van der Waals surface area contributed by atoms with Crippen molar-refractivity contribution in [2.75, 3.05) is 13.2 Å². The van der Waals surface area contributed by atoms with Crippen molar-refractivity contribution >= 4 is 6.09 Å². The van der Waals surface area contributed by atoms with Crippen LogP contribution in [0.5, 0.6) is 0 Å². The van der Waals surface area contributed by atoms with E-state index in [1.807, 2.05) is 24.3 Å². The van der Waals surface area contributed by atoms with Crippen LogP contribution in [0.15, 0.2) is 54.9 Å². The molecule has 0 spiro atoms.